The molecule has 2 atom stereocenters. The second-order valence-electron chi connectivity index (χ2n) is 8.86. The number of amides is 2. The van der Waals surface area contributed by atoms with Crippen molar-refractivity contribution in [2.75, 3.05) is 17.1 Å². The molecule has 0 aliphatic carbocycles. The predicted molar refractivity (Wildman–Crippen MR) is 137 cm³/mol. The summed E-state index contributed by atoms with van der Waals surface area (Å²) < 4.78 is 26.3. The van der Waals surface area contributed by atoms with Gasteiger partial charge in [0.05, 0.1) is 11.9 Å². The third-order valence-corrected chi connectivity index (χ3v) is 6.96. The average molecular weight is 488 g/mol. The Morgan fingerprint density at radius 1 is 0.971 bits per heavy atom. The van der Waals surface area contributed by atoms with Gasteiger partial charge in [0, 0.05) is 12.6 Å². The molecule has 0 saturated heterocycles. The van der Waals surface area contributed by atoms with Gasteiger partial charge in [-0.3, -0.25) is 13.9 Å². The van der Waals surface area contributed by atoms with Gasteiger partial charge in [-0.1, -0.05) is 61.4 Å². The molecule has 2 amide bonds. The van der Waals surface area contributed by atoms with E-state index in [4.69, 9.17) is 0 Å². The molecular weight excluding hydrogens is 450 g/mol. The lowest BCUT2D eigenvalue weighted by Crippen LogP contribution is -2.53. The van der Waals surface area contributed by atoms with Crippen LogP contribution in [0.1, 0.15) is 50.3 Å². The minimum absolute atomic E-state index is 0.0300. The summed E-state index contributed by atoms with van der Waals surface area (Å²) in [5, 5.41) is 2.97. The van der Waals surface area contributed by atoms with Crippen LogP contribution in [0.5, 0.6) is 0 Å². The first-order chi connectivity index (χ1) is 16.0. The summed E-state index contributed by atoms with van der Waals surface area (Å²) in [6.07, 6.45) is 2.25. The maximum atomic E-state index is 13.6. The number of carbonyl (C=O) groups is 2. The van der Waals surface area contributed by atoms with E-state index in [2.05, 4.69) is 5.32 Å². The van der Waals surface area contributed by atoms with Gasteiger partial charge in [0.1, 0.15) is 12.6 Å². The third kappa shape index (κ3) is 7.58. The molecule has 186 valence electrons. The molecule has 0 fully saturated rings. The topological polar surface area (TPSA) is 86.8 Å². The van der Waals surface area contributed by atoms with Crippen molar-refractivity contribution in [2.45, 2.75) is 66.1 Å². The van der Waals surface area contributed by atoms with E-state index in [1.807, 2.05) is 58.9 Å². The molecule has 0 spiro atoms. The predicted octanol–water partition coefficient (Wildman–Crippen LogP) is 3.79. The second kappa shape index (κ2) is 12.0. The van der Waals surface area contributed by atoms with E-state index in [-0.39, 0.29) is 25.0 Å². The molecule has 0 saturated carbocycles. The molecule has 2 aromatic carbocycles. The molecule has 0 bridgehead atoms. The Kier molecular flexibility index (Phi) is 9.67. The number of hydrogen-bond acceptors (Lipinski definition) is 4. The van der Waals surface area contributed by atoms with Crippen molar-refractivity contribution in [2.24, 2.45) is 0 Å². The third-order valence-electron chi connectivity index (χ3n) is 5.82. The van der Waals surface area contributed by atoms with Crippen LogP contribution in [0.15, 0.2) is 48.5 Å². The first kappa shape index (κ1) is 27.4. The van der Waals surface area contributed by atoms with Gasteiger partial charge in [0.25, 0.3) is 0 Å². The molecule has 7 nitrogen and oxygen atoms in total. The van der Waals surface area contributed by atoms with Gasteiger partial charge in [0.15, 0.2) is 0 Å². The van der Waals surface area contributed by atoms with Gasteiger partial charge < -0.3 is 10.2 Å². The molecule has 8 heteroatoms. The van der Waals surface area contributed by atoms with Gasteiger partial charge in [0.2, 0.25) is 21.8 Å². The average Bonchev–Trinajstić information content (AvgIpc) is 2.77. The number of anilines is 1. The zero-order valence-corrected chi connectivity index (χ0v) is 21.9. The van der Waals surface area contributed by atoms with E-state index in [0.717, 1.165) is 33.7 Å². The van der Waals surface area contributed by atoms with Crippen molar-refractivity contribution < 1.29 is 18.0 Å². The van der Waals surface area contributed by atoms with Gasteiger partial charge >= 0.3 is 0 Å². The summed E-state index contributed by atoms with van der Waals surface area (Å²) in [5.74, 6) is -0.669. The molecule has 1 N–H and O–H groups in total. The fourth-order valence-corrected chi connectivity index (χ4v) is 4.54. The summed E-state index contributed by atoms with van der Waals surface area (Å²) in [4.78, 5) is 28.2. The van der Waals surface area contributed by atoms with Crippen molar-refractivity contribution in [1.29, 1.82) is 0 Å². The standard InChI is InChI=1S/C26H37N3O4S/c1-7-21(5)27-26(31)24(8-2)28(17-22-11-9-10-20(4)16-22)25(30)18-29(34(6,32)33)23-14-12-19(3)13-15-23/h9-16,21,24H,7-8,17-18H2,1-6H3,(H,27,31)/t21-,24-/m1/s1. The highest BCUT2D eigenvalue weighted by atomic mass is 32.2. The summed E-state index contributed by atoms with van der Waals surface area (Å²) >= 11 is 0. The molecule has 2 rings (SSSR count). The number of nitrogens with zero attached hydrogens (tertiary/aromatic N) is 2. The highest BCUT2D eigenvalue weighted by molar-refractivity contribution is 7.92. The molecule has 0 aromatic heterocycles. The SMILES string of the molecule is CC[C@@H](C)NC(=O)[C@@H](CC)N(Cc1cccc(C)c1)C(=O)CN(c1ccc(C)cc1)S(C)(=O)=O. The van der Waals surface area contributed by atoms with Crippen LogP contribution in [0.2, 0.25) is 0 Å². The maximum Gasteiger partial charge on any atom is 0.244 e. The molecular formula is C26H37N3O4S. The number of hydrogen-bond donors (Lipinski definition) is 1. The monoisotopic (exact) mass is 487 g/mol. The van der Waals surface area contributed by atoms with Crippen LogP contribution in [0.4, 0.5) is 5.69 Å². The van der Waals surface area contributed by atoms with E-state index in [0.29, 0.717) is 12.1 Å². The van der Waals surface area contributed by atoms with Crippen molar-refractivity contribution in [3.63, 3.8) is 0 Å². The Hall–Kier alpha value is -2.87. The number of benzene rings is 2. The molecule has 0 unspecified atom stereocenters. The Morgan fingerprint density at radius 3 is 2.15 bits per heavy atom. The van der Waals surface area contributed by atoms with Crippen molar-refractivity contribution in [3.8, 4) is 0 Å². The molecule has 0 heterocycles. The second-order valence-corrected chi connectivity index (χ2v) is 10.8. The van der Waals surface area contributed by atoms with Crippen LogP contribution in [-0.4, -0.2) is 50.0 Å². The van der Waals surface area contributed by atoms with Gasteiger partial charge in [-0.05, 0) is 51.3 Å². The quantitative estimate of drug-likeness (QED) is 0.522. The number of aryl methyl sites for hydroxylation is 2. The lowest BCUT2D eigenvalue weighted by molar-refractivity contribution is -0.140. The van der Waals surface area contributed by atoms with E-state index >= 15 is 0 Å². The summed E-state index contributed by atoms with van der Waals surface area (Å²) in [5.41, 5.74) is 3.32. The minimum Gasteiger partial charge on any atom is -0.352 e. The van der Waals surface area contributed by atoms with Crippen molar-refractivity contribution in [1.82, 2.24) is 10.2 Å². The van der Waals surface area contributed by atoms with Crippen LogP contribution in [0.25, 0.3) is 0 Å². The van der Waals surface area contributed by atoms with Crippen LogP contribution in [0.3, 0.4) is 0 Å². The molecule has 0 radical (unpaired) electrons. The van der Waals surface area contributed by atoms with Crippen LogP contribution >= 0.6 is 0 Å². The summed E-state index contributed by atoms with van der Waals surface area (Å²) in [6, 6.07) is 14.0. The molecule has 0 aliphatic rings. The van der Waals surface area contributed by atoms with Crippen molar-refractivity contribution >= 4 is 27.5 Å². The molecule has 34 heavy (non-hydrogen) atoms. The van der Waals surface area contributed by atoms with Crippen LogP contribution in [0, 0.1) is 13.8 Å². The van der Waals surface area contributed by atoms with E-state index in [1.54, 1.807) is 24.3 Å². The first-order valence-electron chi connectivity index (χ1n) is 11.7. The first-order valence-corrected chi connectivity index (χ1v) is 13.5. The Morgan fingerprint density at radius 2 is 1.62 bits per heavy atom. The Bertz CT molecular complexity index is 1080. The highest BCUT2D eigenvalue weighted by Gasteiger charge is 2.32. The summed E-state index contributed by atoms with van der Waals surface area (Å²) in [7, 11) is -3.73. The number of carbonyl (C=O) groups excluding carboxylic acids is 2. The minimum atomic E-state index is -3.73. The number of rotatable bonds is 11. The van der Waals surface area contributed by atoms with E-state index in [1.165, 1.54) is 4.90 Å². The zero-order valence-electron chi connectivity index (χ0n) is 21.0. The zero-order chi connectivity index (χ0) is 25.5. The normalized spacial score (nSPS) is 13.1. The van der Waals surface area contributed by atoms with Gasteiger partial charge in [-0.2, -0.15) is 0 Å². The lowest BCUT2D eigenvalue weighted by atomic mass is 10.1. The molecule has 2 aromatic rings. The van der Waals surface area contributed by atoms with Gasteiger partial charge in [-0.15, -0.1) is 0 Å². The Labute approximate surface area is 204 Å². The number of sulfonamides is 1. The largest absolute Gasteiger partial charge is 0.352 e. The lowest BCUT2D eigenvalue weighted by Gasteiger charge is -2.33. The fraction of sp³-hybridized carbons (Fsp3) is 0.462. The fourth-order valence-electron chi connectivity index (χ4n) is 3.69. The van der Waals surface area contributed by atoms with Crippen molar-refractivity contribution in [3.05, 3.63) is 65.2 Å². The van der Waals surface area contributed by atoms with E-state index < -0.39 is 22.0 Å². The molecule has 0 aliphatic heterocycles. The maximum absolute atomic E-state index is 13.6. The number of nitrogens with one attached hydrogen (secondary N) is 1. The summed E-state index contributed by atoms with van der Waals surface area (Å²) in [6.45, 7) is 9.44. The Balaban J connectivity index is 2.43. The highest BCUT2D eigenvalue weighted by Crippen LogP contribution is 2.20. The smallest absolute Gasteiger partial charge is 0.244 e. The van der Waals surface area contributed by atoms with Crippen LogP contribution < -0.4 is 9.62 Å². The van der Waals surface area contributed by atoms with Gasteiger partial charge in [-0.25, -0.2) is 8.42 Å². The van der Waals surface area contributed by atoms with Crippen LogP contribution in [-0.2, 0) is 26.2 Å². The van der Waals surface area contributed by atoms with E-state index in [9.17, 15) is 18.0 Å².